The van der Waals surface area contributed by atoms with Crippen LogP contribution >= 0.6 is 11.3 Å². The number of carbonyl (C=O) groups excluding carboxylic acids is 1. The smallest absolute Gasteiger partial charge is 0.251 e. The second-order valence-electron chi connectivity index (χ2n) is 9.00. The van der Waals surface area contributed by atoms with Crippen molar-refractivity contribution in [2.45, 2.75) is 61.7 Å². The van der Waals surface area contributed by atoms with Crippen LogP contribution in [0.3, 0.4) is 0 Å². The Bertz CT molecular complexity index is 942. The van der Waals surface area contributed by atoms with Crippen molar-refractivity contribution < 1.29 is 13.7 Å². The molecule has 2 atom stereocenters. The highest BCUT2D eigenvalue weighted by Gasteiger charge is 2.27. The molecule has 2 heterocycles. The standard InChI is InChI=1S/C25H35N3O3S2/c1-31-22-9-5-8-20(16-22)25(29)27-17-23-10-11-24(32-23)33(30)28-15-13-21(18-28)26-14-12-19-6-3-2-4-7-19/h5,8-11,16,19,21,26H,2-4,6-7,12-15,17-18H2,1H3,(H,27,29). The van der Waals surface area contributed by atoms with E-state index in [0.29, 0.717) is 23.9 Å². The first-order valence-corrected chi connectivity index (χ1v) is 14.0. The van der Waals surface area contributed by atoms with Crippen molar-refractivity contribution in [2.75, 3.05) is 26.7 Å². The molecule has 0 bridgehead atoms. The Balaban J connectivity index is 1.21. The number of amides is 1. The maximum atomic E-state index is 13.1. The molecule has 2 aliphatic rings. The van der Waals surface area contributed by atoms with Crippen LogP contribution in [0.15, 0.2) is 40.6 Å². The summed E-state index contributed by atoms with van der Waals surface area (Å²) in [4.78, 5) is 13.4. The van der Waals surface area contributed by atoms with Gasteiger partial charge in [0.25, 0.3) is 5.91 Å². The highest BCUT2D eigenvalue weighted by molar-refractivity contribution is 7.85. The Hall–Kier alpha value is -1.74. The van der Waals surface area contributed by atoms with E-state index in [1.807, 2.05) is 18.2 Å². The number of ether oxygens (including phenoxy) is 1. The van der Waals surface area contributed by atoms with Crippen molar-refractivity contribution >= 4 is 28.2 Å². The van der Waals surface area contributed by atoms with Gasteiger partial charge in [0.2, 0.25) is 0 Å². The van der Waals surface area contributed by atoms with E-state index < -0.39 is 11.0 Å². The van der Waals surface area contributed by atoms with Gasteiger partial charge in [0.05, 0.1) is 13.7 Å². The van der Waals surface area contributed by atoms with Gasteiger partial charge in [-0.3, -0.25) is 4.79 Å². The zero-order chi connectivity index (χ0) is 23.0. The van der Waals surface area contributed by atoms with E-state index in [4.69, 9.17) is 4.74 Å². The fourth-order valence-corrected chi connectivity index (χ4v) is 7.34. The van der Waals surface area contributed by atoms with Gasteiger partial charge in [-0.25, -0.2) is 8.51 Å². The van der Waals surface area contributed by atoms with Gasteiger partial charge < -0.3 is 15.4 Å². The minimum absolute atomic E-state index is 0.147. The van der Waals surface area contributed by atoms with Crippen LogP contribution in [0.5, 0.6) is 5.75 Å². The molecule has 1 aromatic carbocycles. The van der Waals surface area contributed by atoms with Crippen molar-refractivity contribution in [2.24, 2.45) is 5.92 Å². The first kappa shape index (κ1) is 24.4. The molecule has 1 aliphatic heterocycles. The summed E-state index contributed by atoms with van der Waals surface area (Å²) in [6.07, 6.45) is 9.31. The lowest BCUT2D eigenvalue weighted by Gasteiger charge is -2.22. The molecule has 180 valence electrons. The molecule has 2 fully saturated rings. The average molecular weight is 490 g/mol. The molecule has 1 saturated carbocycles. The molecule has 1 aromatic heterocycles. The molecular weight excluding hydrogens is 454 g/mol. The number of nitrogens with one attached hydrogen (secondary N) is 2. The van der Waals surface area contributed by atoms with E-state index in [-0.39, 0.29) is 5.91 Å². The second kappa shape index (κ2) is 12.1. The van der Waals surface area contributed by atoms with E-state index >= 15 is 0 Å². The third-order valence-corrected chi connectivity index (χ3v) is 9.50. The minimum Gasteiger partial charge on any atom is -0.497 e. The van der Waals surface area contributed by atoms with Crippen LogP contribution in [0.2, 0.25) is 0 Å². The molecule has 1 saturated heterocycles. The number of methoxy groups -OCH3 is 1. The summed E-state index contributed by atoms with van der Waals surface area (Å²) in [6.45, 7) is 3.18. The summed E-state index contributed by atoms with van der Waals surface area (Å²) in [6, 6.07) is 11.4. The van der Waals surface area contributed by atoms with Crippen LogP contribution in [0.4, 0.5) is 0 Å². The fourth-order valence-electron chi connectivity index (χ4n) is 4.72. The number of hydrogen-bond donors (Lipinski definition) is 2. The molecule has 8 heteroatoms. The molecule has 2 aromatic rings. The summed E-state index contributed by atoms with van der Waals surface area (Å²) < 4.78 is 21.2. The zero-order valence-corrected chi connectivity index (χ0v) is 21.0. The molecule has 2 unspecified atom stereocenters. The number of thiophene rings is 1. The predicted molar refractivity (Wildman–Crippen MR) is 134 cm³/mol. The van der Waals surface area contributed by atoms with Crippen molar-refractivity contribution in [3.05, 3.63) is 46.8 Å². The molecule has 6 nitrogen and oxygen atoms in total. The van der Waals surface area contributed by atoms with E-state index in [9.17, 15) is 9.00 Å². The predicted octanol–water partition coefficient (Wildman–Crippen LogP) is 4.34. The van der Waals surface area contributed by atoms with Gasteiger partial charge in [0.15, 0.2) is 0 Å². The summed E-state index contributed by atoms with van der Waals surface area (Å²) in [7, 11) is 0.443. The van der Waals surface area contributed by atoms with Crippen LogP contribution in [0.1, 0.15) is 60.2 Å². The third kappa shape index (κ3) is 6.88. The summed E-state index contributed by atoms with van der Waals surface area (Å²) in [5.41, 5.74) is 0.564. The lowest BCUT2D eigenvalue weighted by Crippen LogP contribution is -2.34. The van der Waals surface area contributed by atoms with Crippen molar-refractivity contribution in [3.63, 3.8) is 0 Å². The zero-order valence-electron chi connectivity index (χ0n) is 19.4. The Morgan fingerprint density at radius 1 is 1.18 bits per heavy atom. The molecule has 0 spiro atoms. The normalized spacial score (nSPS) is 20.6. The quantitative estimate of drug-likeness (QED) is 0.521. The molecular formula is C25H35N3O3S2. The maximum absolute atomic E-state index is 13.1. The molecule has 1 amide bonds. The molecule has 4 rings (SSSR count). The molecule has 33 heavy (non-hydrogen) atoms. The summed E-state index contributed by atoms with van der Waals surface area (Å²) in [5.74, 6) is 1.40. The topological polar surface area (TPSA) is 70.7 Å². The Morgan fingerprint density at radius 3 is 2.85 bits per heavy atom. The van der Waals surface area contributed by atoms with E-state index in [2.05, 4.69) is 14.9 Å². The monoisotopic (exact) mass is 489 g/mol. The van der Waals surface area contributed by atoms with Gasteiger partial charge >= 0.3 is 0 Å². The van der Waals surface area contributed by atoms with Crippen LogP contribution in [0.25, 0.3) is 0 Å². The second-order valence-corrected chi connectivity index (χ2v) is 11.9. The lowest BCUT2D eigenvalue weighted by molar-refractivity contribution is 0.0951. The van der Waals surface area contributed by atoms with Gasteiger partial charge in [-0.05, 0) is 55.6 Å². The van der Waals surface area contributed by atoms with E-state index in [0.717, 1.165) is 41.1 Å². The first-order chi connectivity index (χ1) is 16.1. The number of benzene rings is 1. The average Bonchev–Trinajstić information content (AvgIpc) is 3.53. The van der Waals surface area contributed by atoms with Crippen LogP contribution in [-0.2, 0) is 17.5 Å². The lowest BCUT2D eigenvalue weighted by atomic mass is 9.87. The van der Waals surface area contributed by atoms with Crippen molar-refractivity contribution in [1.29, 1.82) is 0 Å². The number of rotatable bonds is 10. The number of nitrogens with zero attached hydrogens (tertiary/aromatic N) is 1. The van der Waals surface area contributed by atoms with Crippen LogP contribution < -0.4 is 15.4 Å². The molecule has 1 aliphatic carbocycles. The number of hydrogen-bond acceptors (Lipinski definition) is 5. The van der Waals surface area contributed by atoms with Gasteiger partial charge in [-0.2, -0.15) is 0 Å². The van der Waals surface area contributed by atoms with E-state index in [1.165, 1.54) is 49.9 Å². The summed E-state index contributed by atoms with van der Waals surface area (Å²) in [5, 5.41) is 6.64. The third-order valence-electron chi connectivity index (χ3n) is 6.66. The Labute approximate surface area is 203 Å². The van der Waals surface area contributed by atoms with Crippen LogP contribution in [0, 0.1) is 5.92 Å². The SMILES string of the molecule is COc1cccc(C(=O)NCc2ccc(S(=O)N3CCC(NCCC4CCCCC4)C3)s2)c1. The van der Waals surface area contributed by atoms with Gasteiger partial charge in [0.1, 0.15) is 20.9 Å². The van der Waals surface area contributed by atoms with E-state index in [1.54, 1.807) is 25.3 Å². The number of carbonyl (C=O) groups is 1. The molecule has 2 N–H and O–H groups in total. The van der Waals surface area contributed by atoms with Gasteiger partial charge in [-0.15, -0.1) is 11.3 Å². The minimum atomic E-state index is -1.14. The van der Waals surface area contributed by atoms with Crippen LogP contribution in [-0.4, -0.2) is 47.2 Å². The largest absolute Gasteiger partial charge is 0.497 e. The highest BCUT2D eigenvalue weighted by Crippen LogP contribution is 2.27. The van der Waals surface area contributed by atoms with Gasteiger partial charge in [0, 0.05) is 29.6 Å². The maximum Gasteiger partial charge on any atom is 0.251 e. The Kier molecular flexibility index (Phi) is 8.95. The van der Waals surface area contributed by atoms with Crippen molar-refractivity contribution in [3.8, 4) is 5.75 Å². The summed E-state index contributed by atoms with van der Waals surface area (Å²) >= 11 is 1.51. The first-order valence-electron chi connectivity index (χ1n) is 12.0. The van der Waals surface area contributed by atoms with Gasteiger partial charge in [-0.1, -0.05) is 38.2 Å². The fraction of sp³-hybridized carbons (Fsp3) is 0.560. The highest BCUT2D eigenvalue weighted by atomic mass is 32.2. The molecule has 0 radical (unpaired) electrons. The Morgan fingerprint density at radius 2 is 2.03 bits per heavy atom. The van der Waals surface area contributed by atoms with Crippen molar-refractivity contribution in [1.82, 2.24) is 14.9 Å².